The van der Waals surface area contributed by atoms with Crippen molar-refractivity contribution in [3.05, 3.63) is 29.8 Å². The third-order valence-corrected chi connectivity index (χ3v) is 2.63. The number of carbonyl (C=O) groups excluding carboxylic acids is 1. The van der Waals surface area contributed by atoms with E-state index in [1.54, 1.807) is 25.9 Å². The number of nitrogens with one attached hydrogen (secondary N) is 1. The number of hydrogen-bond donors (Lipinski definition) is 1. The predicted octanol–water partition coefficient (Wildman–Crippen LogP) is 2.59. The molecule has 1 N–H and O–H groups in total. The van der Waals surface area contributed by atoms with E-state index < -0.39 is 11.7 Å². The summed E-state index contributed by atoms with van der Waals surface area (Å²) in [4.78, 5) is 13.4. The number of benzene rings is 1. The molecule has 0 fully saturated rings. The molecule has 1 atom stereocenters. The molecule has 0 saturated carbocycles. The lowest BCUT2D eigenvalue weighted by atomic mass is 10.2. The van der Waals surface area contributed by atoms with Crippen molar-refractivity contribution in [3.8, 4) is 0 Å². The zero-order chi connectivity index (χ0) is 13.9. The van der Waals surface area contributed by atoms with Gasteiger partial charge in [-0.05, 0) is 45.3 Å². The second kappa shape index (κ2) is 5.39. The van der Waals surface area contributed by atoms with Gasteiger partial charge in [0.25, 0.3) is 0 Å². The number of hydrogen-bond acceptors (Lipinski definition) is 2. The summed E-state index contributed by atoms with van der Waals surface area (Å²) in [6.45, 7) is 1.71. The van der Waals surface area contributed by atoms with Crippen LogP contribution in [0.1, 0.15) is 12.5 Å². The Hall–Kier alpha value is -1.56. The molecule has 0 unspecified atom stereocenters. The van der Waals surface area contributed by atoms with E-state index in [4.69, 9.17) is 0 Å². The highest BCUT2D eigenvalue weighted by Crippen LogP contribution is 2.29. The summed E-state index contributed by atoms with van der Waals surface area (Å²) in [5.74, 6) is -0.264. The van der Waals surface area contributed by atoms with Crippen molar-refractivity contribution in [3.63, 3.8) is 0 Å². The minimum Gasteiger partial charge on any atom is -0.325 e. The maximum atomic E-state index is 12.3. The zero-order valence-electron chi connectivity index (χ0n) is 10.4. The molecule has 0 saturated heterocycles. The Kier molecular flexibility index (Phi) is 4.34. The van der Waals surface area contributed by atoms with Crippen LogP contribution in [0.3, 0.4) is 0 Å². The molecule has 0 spiro atoms. The van der Waals surface area contributed by atoms with E-state index in [1.807, 2.05) is 0 Å². The lowest BCUT2D eigenvalue weighted by molar-refractivity contribution is -0.137. The highest BCUT2D eigenvalue weighted by atomic mass is 19.4. The minimum absolute atomic E-state index is 0.264. The van der Waals surface area contributed by atoms with Gasteiger partial charge < -0.3 is 5.32 Å². The lowest BCUT2D eigenvalue weighted by Gasteiger charge is -2.19. The van der Waals surface area contributed by atoms with Crippen LogP contribution >= 0.6 is 0 Å². The third-order valence-electron chi connectivity index (χ3n) is 2.63. The topological polar surface area (TPSA) is 32.3 Å². The standard InChI is InChI=1S/C12H15F3N2O/c1-8(17(2)3)11(18)16-10-6-4-9(5-7-10)12(13,14)15/h4-8H,1-3H3,(H,16,18)/t8-/m1/s1. The molecule has 1 amide bonds. The Morgan fingerprint density at radius 1 is 1.22 bits per heavy atom. The molecule has 0 aliphatic carbocycles. The molecule has 0 heterocycles. The zero-order valence-corrected chi connectivity index (χ0v) is 10.4. The molecule has 1 rings (SSSR count). The Labute approximate surface area is 104 Å². The number of anilines is 1. The molecule has 0 bridgehead atoms. The van der Waals surface area contributed by atoms with E-state index in [0.29, 0.717) is 5.69 Å². The normalized spacial score (nSPS) is 13.5. The van der Waals surface area contributed by atoms with Crippen LogP contribution in [-0.4, -0.2) is 30.9 Å². The van der Waals surface area contributed by atoms with Crippen LogP contribution in [0.2, 0.25) is 0 Å². The fraction of sp³-hybridized carbons (Fsp3) is 0.417. The van der Waals surface area contributed by atoms with Gasteiger partial charge in [0.05, 0.1) is 11.6 Å². The summed E-state index contributed by atoms with van der Waals surface area (Å²) in [5, 5.41) is 2.55. The Morgan fingerprint density at radius 2 is 1.72 bits per heavy atom. The number of nitrogens with zero attached hydrogens (tertiary/aromatic N) is 1. The van der Waals surface area contributed by atoms with Crippen molar-refractivity contribution >= 4 is 11.6 Å². The van der Waals surface area contributed by atoms with Gasteiger partial charge in [-0.3, -0.25) is 9.69 Å². The Bertz CT molecular complexity index is 412. The maximum Gasteiger partial charge on any atom is 0.416 e. The van der Waals surface area contributed by atoms with Crippen molar-refractivity contribution in [2.24, 2.45) is 0 Å². The summed E-state index contributed by atoms with van der Waals surface area (Å²) in [7, 11) is 3.49. The first-order chi connectivity index (χ1) is 8.21. The molecule has 0 radical (unpaired) electrons. The van der Waals surface area contributed by atoms with E-state index >= 15 is 0 Å². The molecule has 6 heteroatoms. The molecule has 0 aliphatic rings. The number of rotatable bonds is 3. The lowest BCUT2D eigenvalue weighted by Crippen LogP contribution is -2.37. The average Bonchev–Trinajstić information content (AvgIpc) is 2.27. The Balaban J connectivity index is 2.73. The van der Waals surface area contributed by atoms with Gasteiger partial charge in [0.2, 0.25) is 5.91 Å². The minimum atomic E-state index is -4.36. The summed E-state index contributed by atoms with van der Waals surface area (Å²) >= 11 is 0. The summed E-state index contributed by atoms with van der Waals surface area (Å²) in [5.41, 5.74) is -0.386. The van der Waals surface area contributed by atoms with Crippen molar-refractivity contribution < 1.29 is 18.0 Å². The van der Waals surface area contributed by atoms with Gasteiger partial charge in [-0.15, -0.1) is 0 Å². The van der Waals surface area contributed by atoms with E-state index in [-0.39, 0.29) is 11.9 Å². The third kappa shape index (κ3) is 3.73. The monoisotopic (exact) mass is 260 g/mol. The van der Waals surface area contributed by atoms with Gasteiger partial charge in [0.1, 0.15) is 0 Å². The van der Waals surface area contributed by atoms with Crippen LogP contribution < -0.4 is 5.32 Å². The fourth-order valence-electron chi connectivity index (χ4n) is 1.22. The van der Waals surface area contributed by atoms with Crippen molar-refractivity contribution in [1.29, 1.82) is 0 Å². The first kappa shape index (κ1) is 14.5. The molecule has 0 aliphatic heterocycles. The number of carbonyl (C=O) groups is 1. The first-order valence-electron chi connectivity index (χ1n) is 5.36. The summed E-state index contributed by atoms with van der Waals surface area (Å²) < 4.78 is 37.0. The fourth-order valence-corrected chi connectivity index (χ4v) is 1.22. The summed E-state index contributed by atoms with van der Waals surface area (Å²) in [6.07, 6.45) is -4.36. The van der Waals surface area contributed by atoms with E-state index in [9.17, 15) is 18.0 Å². The highest BCUT2D eigenvalue weighted by Gasteiger charge is 2.30. The predicted molar refractivity (Wildman–Crippen MR) is 63.2 cm³/mol. The van der Waals surface area contributed by atoms with Crippen LogP contribution in [0.4, 0.5) is 18.9 Å². The van der Waals surface area contributed by atoms with Crippen molar-refractivity contribution in [2.45, 2.75) is 19.1 Å². The van der Waals surface area contributed by atoms with E-state index in [2.05, 4.69) is 5.32 Å². The molecule has 1 aromatic rings. The number of alkyl halides is 3. The van der Waals surface area contributed by atoms with Crippen LogP contribution in [-0.2, 0) is 11.0 Å². The maximum absolute atomic E-state index is 12.3. The summed E-state index contributed by atoms with van der Waals surface area (Å²) in [6, 6.07) is 4.00. The molecule has 100 valence electrons. The number of likely N-dealkylation sites (N-methyl/N-ethyl adjacent to an activating group) is 1. The van der Waals surface area contributed by atoms with E-state index in [0.717, 1.165) is 12.1 Å². The SMILES string of the molecule is C[C@H](C(=O)Nc1ccc(C(F)(F)F)cc1)N(C)C. The largest absolute Gasteiger partial charge is 0.416 e. The molecule has 0 aromatic heterocycles. The van der Waals surface area contributed by atoms with Gasteiger partial charge in [-0.1, -0.05) is 0 Å². The molecule has 18 heavy (non-hydrogen) atoms. The van der Waals surface area contributed by atoms with Crippen LogP contribution in [0.5, 0.6) is 0 Å². The smallest absolute Gasteiger partial charge is 0.325 e. The van der Waals surface area contributed by atoms with Crippen molar-refractivity contribution in [1.82, 2.24) is 4.90 Å². The van der Waals surface area contributed by atoms with Gasteiger partial charge >= 0.3 is 6.18 Å². The average molecular weight is 260 g/mol. The second-order valence-electron chi connectivity index (χ2n) is 4.20. The Morgan fingerprint density at radius 3 is 2.11 bits per heavy atom. The number of halogens is 3. The molecular weight excluding hydrogens is 245 g/mol. The van der Waals surface area contributed by atoms with Gasteiger partial charge in [-0.2, -0.15) is 13.2 Å². The highest BCUT2D eigenvalue weighted by molar-refractivity contribution is 5.94. The quantitative estimate of drug-likeness (QED) is 0.906. The number of amides is 1. The molecule has 1 aromatic carbocycles. The van der Waals surface area contributed by atoms with Gasteiger partial charge in [0.15, 0.2) is 0 Å². The van der Waals surface area contributed by atoms with Gasteiger partial charge in [0, 0.05) is 5.69 Å². The van der Waals surface area contributed by atoms with Crippen molar-refractivity contribution in [2.75, 3.05) is 19.4 Å². The van der Waals surface area contributed by atoms with Crippen LogP contribution in [0, 0.1) is 0 Å². The first-order valence-corrected chi connectivity index (χ1v) is 5.36. The molecular formula is C12H15F3N2O. The van der Waals surface area contributed by atoms with E-state index in [1.165, 1.54) is 12.1 Å². The van der Waals surface area contributed by atoms with Gasteiger partial charge in [-0.25, -0.2) is 0 Å². The molecule has 3 nitrogen and oxygen atoms in total. The van der Waals surface area contributed by atoms with Crippen LogP contribution in [0.15, 0.2) is 24.3 Å². The second-order valence-corrected chi connectivity index (χ2v) is 4.20. The van der Waals surface area contributed by atoms with Crippen LogP contribution in [0.25, 0.3) is 0 Å².